The number of aromatic nitrogens is 4. The summed E-state index contributed by atoms with van der Waals surface area (Å²) in [6.45, 7) is 3.90. The molecule has 1 fully saturated rings. The monoisotopic (exact) mass is 243 g/mol. The number of hydrogen-bond donors (Lipinski definition) is 1. The fourth-order valence-corrected chi connectivity index (χ4v) is 1.90. The topological polar surface area (TPSA) is 55.6 Å². The molecule has 1 aliphatic carbocycles. The largest absolute Gasteiger partial charge is 0.311 e. The van der Waals surface area contributed by atoms with Gasteiger partial charge in [-0.25, -0.2) is 4.68 Å². The minimum Gasteiger partial charge on any atom is -0.311 e. The van der Waals surface area contributed by atoms with Crippen molar-refractivity contribution in [2.24, 2.45) is 5.92 Å². The minimum absolute atomic E-state index is 0.787. The van der Waals surface area contributed by atoms with E-state index in [0.29, 0.717) is 0 Å². The van der Waals surface area contributed by atoms with Gasteiger partial charge in [-0.3, -0.25) is 4.98 Å². The summed E-state index contributed by atoms with van der Waals surface area (Å²) in [5.41, 5.74) is 3.05. The molecule has 0 spiro atoms. The highest BCUT2D eigenvalue weighted by Gasteiger charge is 2.20. The van der Waals surface area contributed by atoms with Crippen LogP contribution in [0.4, 0.5) is 0 Å². The second-order valence-corrected chi connectivity index (χ2v) is 4.95. The SMILES string of the molecule is Cc1cncc(-n2cc(CNCC3CC3)nn2)c1. The molecule has 5 nitrogen and oxygen atoms in total. The van der Waals surface area contributed by atoms with Gasteiger partial charge in [0.25, 0.3) is 0 Å². The van der Waals surface area contributed by atoms with E-state index in [-0.39, 0.29) is 0 Å². The van der Waals surface area contributed by atoms with Gasteiger partial charge in [0.2, 0.25) is 0 Å². The van der Waals surface area contributed by atoms with Crippen molar-refractivity contribution in [3.8, 4) is 5.69 Å². The van der Waals surface area contributed by atoms with Crippen LogP contribution in [0.3, 0.4) is 0 Å². The number of nitrogens with one attached hydrogen (secondary N) is 1. The summed E-state index contributed by atoms with van der Waals surface area (Å²) in [4.78, 5) is 4.16. The van der Waals surface area contributed by atoms with Crippen molar-refractivity contribution >= 4 is 0 Å². The molecule has 2 aromatic heterocycles. The van der Waals surface area contributed by atoms with Crippen LogP contribution in [-0.2, 0) is 6.54 Å². The van der Waals surface area contributed by atoms with E-state index in [1.165, 1.54) is 12.8 Å². The van der Waals surface area contributed by atoms with Crippen molar-refractivity contribution in [2.45, 2.75) is 26.3 Å². The van der Waals surface area contributed by atoms with Gasteiger partial charge >= 0.3 is 0 Å². The lowest BCUT2D eigenvalue weighted by atomic mass is 10.3. The third-order valence-corrected chi connectivity index (χ3v) is 3.10. The molecule has 5 heteroatoms. The Balaban J connectivity index is 1.64. The Bertz CT molecular complexity index is 530. The molecule has 2 heterocycles. The quantitative estimate of drug-likeness (QED) is 0.864. The predicted molar refractivity (Wildman–Crippen MR) is 68.3 cm³/mol. The first-order valence-corrected chi connectivity index (χ1v) is 6.35. The average Bonchev–Trinajstić information content (AvgIpc) is 3.06. The van der Waals surface area contributed by atoms with E-state index in [9.17, 15) is 0 Å². The van der Waals surface area contributed by atoms with Gasteiger partial charge in [-0.05, 0) is 43.9 Å². The van der Waals surface area contributed by atoms with E-state index >= 15 is 0 Å². The molecule has 1 aliphatic rings. The van der Waals surface area contributed by atoms with Gasteiger partial charge in [-0.2, -0.15) is 0 Å². The molecule has 0 bridgehead atoms. The Hall–Kier alpha value is -1.75. The van der Waals surface area contributed by atoms with Crippen LogP contribution >= 0.6 is 0 Å². The molecule has 1 saturated carbocycles. The maximum Gasteiger partial charge on any atom is 0.0969 e. The van der Waals surface area contributed by atoms with Gasteiger partial charge in [0.05, 0.1) is 23.8 Å². The van der Waals surface area contributed by atoms with Crippen molar-refractivity contribution in [3.63, 3.8) is 0 Å². The van der Waals surface area contributed by atoms with Crippen LogP contribution in [0.2, 0.25) is 0 Å². The lowest BCUT2D eigenvalue weighted by Crippen LogP contribution is -2.16. The number of nitrogens with zero attached hydrogens (tertiary/aromatic N) is 4. The summed E-state index contributed by atoms with van der Waals surface area (Å²) < 4.78 is 1.77. The van der Waals surface area contributed by atoms with Crippen LogP contribution < -0.4 is 5.32 Å². The van der Waals surface area contributed by atoms with Gasteiger partial charge < -0.3 is 5.32 Å². The number of rotatable bonds is 5. The van der Waals surface area contributed by atoms with E-state index in [4.69, 9.17) is 0 Å². The second-order valence-electron chi connectivity index (χ2n) is 4.95. The molecule has 94 valence electrons. The molecule has 0 radical (unpaired) electrons. The smallest absolute Gasteiger partial charge is 0.0969 e. The lowest BCUT2D eigenvalue weighted by molar-refractivity contribution is 0.628. The maximum atomic E-state index is 4.16. The Morgan fingerprint density at radius 1 is 1.39 bits per heavy atom. The predicted octanol–water partition coefficient (Wildman–Crippen LogP) is 1.47. The van der Waals surface area contributed by atoms with Crippen LogP contribution in [-0.4, -0.2) is 26.5 Å². The molecule has 0 unspecified atom stereocenters. The van der Waals surface area contributed by atoms with Crippen molar-refractivity contribution in [3.05, 3.63) is 35.9 Å². The van der Waals surface area contributed by atoms with Crippen molar-refractivity contribution < 1.29 is 0 Å². The third kappa shape index (κ3) is 2.73. The highest BCUT2D eigenvalue weighted by molar-refractivity contribution is 5.30. The van der Waals surface area contributed by atoms with E-state index in [1.807, 2.05) is 25.4 Å². The highest BCUT2D eigenvalue weighted by atomic mass is 15.4. The summed E-state index contributed by atoms with van der Waals surface area (Å²) in [5.74, 6) is 0.890. The summed E-state index contributed by atoms with van der Waals surface area (Å²) in [7, 11) is 0. The Morgan fingerprint density at radius 2 is 2.28 bits per heavy atom. The molecular weight excluding hydrogens is 226 g/mol. The standard InChI is InChI=1S/C13H17N5/c1-10-4-13(8-14-5-10)18-9-12(16-17-18)7-15-6-11-2-3-11/h4-5,8-9,11,15H,2-3,6-7H2,1H3. The Morgan fingerprint density at radius 3 is 3.06 bits per heavy atom. The summed E-state index contributed by atoms with van der Waals surface area (Å²) in [5, 5.41) is 11.7. The fraction of sp³-hybridized carbons (Fsp3) is 0.462. The van der Waals surface area contributed by atoms with Crippen LogP contribution in [0.5, 0.6) is 0 Å². The van der Waals surface area contributed by atoms with Crippen molar-refractivity contribution in [1.82, 2.24) is 25.3 Å². The Kier molecular flexibility index (Phi) is 3.06. The first kappa shape index (κ1) is 11.3. The van der Waals surface area contributed by atoms with Crippen molar-refractivity contribution in [1.29, 1.82) is 0 Å². The zero-order valence-electron chi connectivity index (χ0n) is 10.5. The first-order chi connectivity index (χ1) is 8.81. The van der Waals surface area contributed by atoms with Crippen LogP contribution in [0, 0.1) is 12.8 Å². The van der Waals surface area contributed by atoms with Gasteiger partial charge in [0.1, 0.15) is 0 Å². The van der Waals surface area contributed by atoms with Gasteiger partial charge in [-0.1, -0.05) is 5.21 Å². The highest BCUT2D eigenvalue weighted by Crippen LogP contribution is 2.27. The summed E-state index contributed by atoms with van der Waals surface area (Å²) in [6.07, 6.45) is 8.32. The summed E-state index contributed by atoms with van der Waals surface area (Å²) in [6, 6.07) is 2.04. The zero-order chi connectivity index (χ0) is 12.4. The van der Waals surface area contributed by atoms with Gasteiger partial charge in [0.15, 0.2) is 0 Å². The first-order valence-electron chi connectivity index (χ1n) is 6.35. The molecular formula is C13H17N5. The van der Waals surface area contributed by atoms with E-state index in [0.717, 1.165) is 36.0 Å². The molecule has 18 heavy (non-hydrogen) atoms. The third-order valence-electron chi connectivity index (χ3n) is 3.10. The Labute approximate surface area is 106 Å². The van der Waals surface area contributed by atoms with Crippen LogP contribution in [0.15, 0.2) is 24.7 Å². The second kappa shape index (κ2) is 4.86. The van der Waals surface area contributed by atoms with E-state index < -0.39 is 0 Å². The van der Waals surface area contributed by atoms with E-state index in [1.54, 1.807) is 10.9 Å². The number of hydrogen-bond acceptors (Lipinski definition) is 4. The van der Waals surface area contributed by atoms with Crippen LogP contribution in [0.1, 0.15) is 24.1 Å². The summed E-state index contributed by atoms with van der Waals surface area (Å²) >= 11 is 0. The molecule has 0 saturated heterocycles. The molecule has 3 rings (SSSR count). The van der Waals surface area contributed by atoms with Gasteiger partial charge in [-0.15, -0.1) is 5.10 Å². The van der Waals surface area contributed by atoms with E-state index in [2.05, 4.69) is 20.6 Å². The molecule has 0 amide bonds. The van der Waals surface area contributed by atoms with Crippen molar-refractivity contribution in [2.75, 3.05) is 6.54 Å². The zero-order valence-corrected chi connectivity index (χ0v) is 10.5. The van der Waals surface area contributed by atoms with Gasteiger partial charge in [0, 0.05) is 12.7 Å². The molecule has 1 N–H and O–H groups in total. The molecule has 0 aromatic carbocycles. The maximum absolute atomic E-state index is 4.16. The molecule has 2 aromatic rings. The molecule has 0 atom stereocenters. The fourth-order valence-electron chi connectivity index (χ4n) is 1.90. The molecule has 0 aliphatic heterocycles. The average molecular weight is 243 g/mol. The number of aryl methyl sites for hydroxylation is 1. The van der Waals surface area contributed by atoms with Crippen LogP contribution in [0.25, 0.3) is 5.69 Å². The number of pyridine rings is 1. The normalized spacial score (nSPS) is 14.9. The minimum atomic E-state index is 0.787. The lowest BCUT2D eigenvalue weighted by Gasteiger charge is -2.00.